The van der Waals surface area contributed by atoms with E-state index in [1.54, 1.807) is 0 Å². The Bertz CT molecular complexity index is 281. The molecule has 0 aromatic carbocycles. The van der Waals surface area contributed by atoms with Gasteiger partial charge in [-0.25, -0.2) is 0 Å². The minimum absolute atomic E-state index is 0.0241. The molecule has 1 saturated carbocycles. The molecule has 3 unspecified atom stereocenters. The standard InChI is InChI=1S/C12H23N3O2/c1-8-10(4-3-5-11(8)13)12(17)15-7-6-14-9(2)16/h8,10-11H,3-7,13H2,1-2H3,(H,14,16)(H,15,17). The van der Waals surface area contributed by atoms with E-state index in [9.17, 15) is 9.59 Å². The molecule has 0 saturated heterocycles. The first-order valence-corrected chi connectivity index (χ1v) is 6.30. The Labute approximate surface area is 103 Å². The summed E-state index contributed by atoms with van der Waals surface area (Å²) in [4.78, 5) is 22.6. The molecule has 0 radical (unpaired) electrons. The minimum atomic E-state index is -0.0766. The number of amides is 2. The maximum absolute atomic E-state index is 11.9. The van der Waals surface area contributed by atoms with Gasteiger partial charge in [0.2, 0.25) is 11.8 Å². The topological polar surface area (TPSA) is 84.2 Å². The monoisotopic (exact) mass is 241 g/mol. The zero-order valence-corrected chi connectivity index (χ0v) is 10.7. The van der Waals surface area contributed by atoms with Gasteiger partial charge in [0.1, 0.15) is 0 Å². The molecule has 1 rings (SSSR count). The summed E-state index contributed by atoms with van der Waals surface area (Å²) in [7, 11) is 0. The van der Waals surface area contributed by atoms with E-state index in [4.69, 9.17) is 5.73 Å². The molecule has 5 nitrogen and oxygen atoms in total. The van der Waals surface area contributed by atoms with Crippen molar-refractivity contribution < 1.29 is 9.59 Å². The van der Waals surface area contributed by atoms with E-state index in [0.29, 0.717) is 13.1 Å². The van der Waals surface area contributed by atoms with Gasteiger partial charge in [-0.1, -0.05) is 13.3 Å². The summed E-state index contributed by atoms with van der Waals surface area (Å²) in [6.45, 7) is 4.47. The molecule has 0 heterocycles. The van der Waals surface area contributed by atoms with Gasteiger partial charge in [0, 0.05) is 32.0 Å². The van der Waals surface area contributed by atoms with Gasteiger partial charge in [-0.05, 0) is 18.8 Å². The number of carbonyl (C=O) groups excluding carboxylic acids is 2. The average Bonchev–Trinajstić information content (AvgIpc) is 2.27. The Morgan fingerprint density at radius 2 is 1.88 bits per heavy atom. The van der Waals surface area contributed by atoms with Gasteiger partial charge in [-0.3, -0.25) is 9.59 Å². The SMILES string of the molecule is CC(=O)NCCNC(=O)C1CCCC(N)C1C. The van der Waals surface area contributed by atoms with Crippen LogP contribution in [0.25, 0.3) is 0 Å². The van der Waals surface area contributed by atoms with E-state index in [1.807, 2.05) is 6.92 Å². The summed E-state index contributed by atoms with van der Waals surface area (Å²) < 4.78 is 0. The predicted molar refractivity (Wildman–Crippen MR) is 66.2 cm³/mol. The summed E-state index contributed by atoms with van der Waals surface area (Å²) >= 11 is 0. The van der Waals surface area contributed by atoms with Gasteiger partial charge in [0.25, 0.3) is 0 Å². The van der Waals surface area contributed by atoms with Crippen LogP contribution < -0.4 is 16.4 Å². The molecule has 3 atom stereocenters. The lowest BCUT2D eigenvalue weighted by atomic mass is 9.77. The number of hydrogen-bond acceptors (Lipinski definition) is 3. The van der Waals surface area contributed by atoms with E-state index in [2.05, 4.69) is 10.6 Å². The molecule has 1 aliphatic rings. The van der Waals surface area contributed by atoms with Gasteiger partial charge in [-0.2, -0.15) is 0 Å². The van der Waals surface area contributed by atoms with Crippen molar-refractivity contribution in [1.29, 1.82) is 0 Å². The Morgan fingerprint density at radius 3 is 2.53 bits per heavy atom. The molecular weight excluding hydrogens is 218 g/mol. The van der Waals surface area contributed by atoms with Gasteiger partial charge < -0.3 is 16.4 Å². The highest BCUT2D eigenvalue weighted by Gasteiger charge is 2.32. The summed E-state index contributed by atoms with van der Waals surface area (Å²) in [5.41, 5.74) is 5.96. The lowest BCUT2D eigenvalue weighted by Crippen LogP contribution is -2.45. The second-order valence-corrected chi connectivity index (χ2v) is 4.83. The van der Waals surface area contributed by atoms with Crippen LogP contribution in [0.2, 0.25) is 0 Å². The molecule has 0 bridgehead atoms. The number of hydrogen-bond donors (Lipinski definition) is 3. The number of nitrogens with two attached hydrogens (primary N) is 1. The van der Waals surface area contributed by atoms with Crippen LogP contribution in [-0.2, 0) is 9.59 Å². The molecule has 4 N–H and O–H groups in total. The molecule has 5 heteroatoms. The minimum Gasteiger partial charge on any atom is -0.355 e. The van der Waals surface area contributed by atoms with Crippen molar-refractivity contribution in [3.8, 4) is 0 Å². The highest BCUT2D eigenvalue weighted by molar-refractivity contribution is 5.79. The third-order valence-electron chi connectivity index (χ3n) is 3.50. The predicted octanol–water partition coefficient (Wildman–Crippen LogP) is 0.00220. The third kappa shape index (κ3) is 4.34. The fraction of sp³-hybridized carbons (Fsp3) is 0.833. The summed E-state index contributed by atoms with van der Waals surface area (Å²) in [5.74, 6) is 0.255. The Kier molecular flexibility index (Phi) is 5.41. The Balaban J connectivity index is 2.29. The molecule has 0 spiro atoms. The van der Waals surface area contributed by atoms with E-state index in [0.717, 1.165) is 19.3 Å². The van der Waals surface area contributed by atoms with Crippen molar-refractivity contribution in [2.75, 3.05) is 13.1 Å². The van der Waals surface area contributed by atoms with E-state index < -0.39 is 0 Å². The third-order valence-corrected chi connectivity index (χ3v) is 3.50. The van der Waals surface area contributed by atoms with Gasteiger partial charge in [-0.15, -0.1) is 0 Å². The normalized spacial score (nSPS) is 28.5. The molecule has 0 aliphatic heterocycles. The van der Waals surface area contributed by atoms with Crippen LogP contribution in [-0.4, -0.2) is 30.9 Å². The maximum Gasteiger partial charge on any atom is 0.223 e. The van der Waals surface area contributed by atoms with E-state index in [-0.39, 0.29) is 29.7 Å². The summed E-state index contributed by atoms with van der Waals surface area (Å²) in [6.07, 6.45) is 2.95. The molecule has 17 heavy (non-hydrogen) atoms. The first kappa shape index (κ1) is 14.0. The zero-order valence-electron chi connectivity index (χ0n) is 10.7. The van der Waals surface area contributed by atoms with Crippen LogP contribution in [0.15, 0.2) is 0 Å². The first-order chi connectivity index (χ1) is 8.02. The van der Waals surface area contributed by atoms with Crippen LogP contribution in [0.3, 0.4) is 0 Å². The fourth-order valence-corrected chi connectivity index (χ4v) is 2.32. The zero-order chi connectivity index (χ0) is 12.8. The summed E-state index contributed by atoms with van der Waals surface area (Å²) in [5, 5.41) is 5.49. The average molecular weight is 241 g/mol. The molecular formula is C12H23N3O2. The highest BCUT2D eigenvalue weighted by atomic mass is 16.2. The molecule has 1 fully saturated rings. The number of carbonyl (C=O) groups is 2. The second kappa shape index (κ2) is 6.59. The number of nitrogens with one attached hydrogen (secondary N) is 2. The highest BCUT2D eigenvalue weighted by Crippen LogP contribution is 2.28. The second-order valence-electron chi connectivity index (χ2n) is 4.83. The van der Waals surface area contributed by atoms with Crippen LogP contribution in [0.1, 0.15) is 33.1 Å². The molecule has 2 amide bonds. The fourth-order valence-electron chi connectivity index (χ4n) is 2.32. The largest absolute Gasteiger partial charge is 0.355 e. The maximum atomic E-state index is 11.9. The van der Waals surface area contributed by atoms with E-state index in [1.165, 1.54) is 6.92 Å². The first-order valence-electron chi connectivity index (χ1n) is 6.30. The Morgan fingerprint density at radius 1 is 1.24 bits per heavy atom. The van der Waals surface area contributed by atoms with Crippen molar-refractivity contribution in [3.63, 3.8) is 0 Å². The van der Waals surface area contributed by atoms with Crippen LogP contribution in [0.4, 0.5) is 0 Å². The van der Waals surface area contributed by atoms with Crippen molar-refractivity contribution in [2.45, 2.75) is 39.2 Å². The summed E-state index contributed by atoms with van der Waals surface area (Å²) in [6, 6.07) is 0.134. The van der Waals surface area contributed by atoms with Gasteiger partial charge in [0.15, 0.2) is 0 Å². The van der Waals surface area contributed by atoms with Crippen LogP contribution >= 0.6 is 0 Å². The van der Waals surface area contributed by atoms with E-state index >= 15 is 0 Å². The Hall–Kier alpha value is -1.10. The lowest BCUT2D eigenvalue weighted by Gasteiger charge is -2.32. The van der Waals surface area contributed by atoms with Crippen LogP contribution in [0.5, 0.6) is 0 Å². The molecule has 98 valence electrons. The van der Waals surface area contributed by atoms with Crippen molar-refractivity contribution in [2.24, 2.45) is 17.6 Å². The molecule has 1 aliphatic carbocycles. The molecule has 0 aromatic heterocycles. The lowest BCUT2D eigenvalue weighted by molar-refractivity contribution is -0.128. The van der Waals surface area contributed by atoms with Crippen molar-refractivity contribution in [1.82, 2.24) is 10.6 Å². The van der Waals surface area contributed by atoms with Gasteiger partial charge in [0.05, 0.1) is 0 Å². The smallest absolute Gasteiger partial charge is 0.223 e. The van der Waals surface area contributed by atoms with Crippen LogP contribution in [0, 0.1) is 11.8 Å². The van der Waals surface area contributed by atoms with Gasteiger partial charge >= 0.3 is 0 Å². The number of rotatable bonds is 4. The quantitative estimate of drug-likeness (QED) is 0.606. The van der Waals surface area contributed by atoms with Crippen molar-refractivity contribution in [3.05, 3.63) is 0 Å². The van der Waals surface area contributed by atoms with Crippen molar-refractivity contribution >= 4 is 11.8 Å². The molecule has 0 aromatic rings.